The van der Waals surface area contributed by atoms with Crippen LogP contribution in [-0.4, -0.2) is 6.43 Å². The molecule has 1 nitrogen and oxygen atoms in total. The third kappa shape index (κ3) is 3.24. The van der Waals surface area contributed by atoms with E-state index in [1.807, 2.05) is 0 Å². The summed E-state index contributed by atoms with van der Waals surface area (Å²) < 4.78 is 36.3. The first-order chi connectivity index (χ1) is 5.61. The molecule has 0 radical (unpaired) electrons. The molecule has 1 aromatic rings. The number of hydrogen-bond donors (Lipinski definition) is 1. The van der Waals surface area contributed by atoms with Crippen LogP contribution >= 0.6 is 12.4 Å². The fraction of sp³-hybridized carbons (Fsp3) is 0.250. The van der Waals surface area contributed by atoms with Crippen molar-refractivity contribution in [1.29, 1.82) is 0 Å². The van der Waals surface area contributed by atoms with Gasteiger partial charge in [0.15, 0.2) is 0 Å². The van der Waals surface area contributed by atoms with Gasteiger partial charge in [-0.15, -0.1) is 12.4 Å². The molecule has 1 atom stereocenters. The Morgan fingerprint density at radius 1 is 1.08 bits per heavy atom. The van der Waals surface area contributed by atoms with Crippen molar-refractivity contribution < 1.29 is 13.2 Å². The van der Waals surface area contributed by atoms with Crippen LogP contribution in [0.3, 0.4) is 0 Å². The van der Waals surface area contributed by atoms with Crippen molar-refractivity contribution in [2.24, 2.45) is 5.73 Å². The Balaban J connectivity index is 0.00000144. The first kappa shape index (κ1) is 12.3. The highest BCUT2D eigenvalue weighted by molar-refractivity contribution is 5.85. The summed E-state index contributed by atoms with van der Waals surface area (Å²) in [6, 6.07) is 3.40. The summed E-state index contributed by atoms with van der Waals surface area (Å²) in [5.74, 6) is -0.458. The number of halogens is 4. The Bertz CT molecular complexity index is 250. The van der Waals surface area contributed by atoms with Gasteiger partial charge in [-0.2, -0.15) is 0 Å². The highest BCUT2D eigenvalue weighted by Crippen LogP contribution is 2.17. The molecular formula is C8H9ClF3N. The van der Waals surface area contributed by atoms with Gasteiger partial charge in [0.1, 0.15) is 5.82 Å². The van der Waals surface area contributed by atoms with Crippen LogP contribution in [-0.2, 0) is 0 Å². The molecule has 0 spiro atoms. The standard InChI is InChI=1S/C8H8F3N.ClH/c9-6-3-1-5(2-4-6)7(12)8(10)11;/h1-4,7-8H,12H2;1H/t7-;/m1./s1. The Morgan fingerprint density at radius 2 is 1.54 bits per heavy atom. The van der Waals surface area contributed by atoms with Gasteiger partial charge in [-0.05, 0) is 17.7 Å². The minimum absolute atomic E-state index is 0. The molecule has 5 heteroatoms. The van der Waals surface area contributed by atoms with Crippen LogP contribution in [0.25, 0.3) is 0 Å². The summed E-state index contributed by atoms with van der Waals surface area (Å²) >= 11 is 0. The lowest BCUT2D eigenvalue weighted by Crippen LogP contribution is -2.18. The van der Waals surface area contributed by atoms with Gasteiger partial charge in [-0.1, -0.05) is 12.1 Å². The van der Waals surface area contributed by atoms with Crippen molar-refractivity contribution in [2.45, 2.75) is 12.5 Å². The zero-order chi connectivity index (χ0) is 9.14. The molecule has 74 valence electrons. The molecule has 0 aromatic heterocycles. The molecule has 0 aliphatic heterocycles. The van der Waals surface area contributed by atoms with Crippen LogP contribution in [0.2, 0.25) is 0 Å². The van der Waals surface area contributed by atoms with Gasteiger partial charge in [0.2, 0.25) is 0 Å². The molecule has 1 aromatic carbocycles. The van der Waals surface area contributed by atoms with E-state index in [1.165, 1.54) is 12.1 Å². The predicted molar refractivity (Wildman–Crippen MR) is 46.6 cm³/mol. The average Bonchev–Trinajstić information content (AvgIpc) is 2.04. The topological polar surface area (TPSA) is 26.0 Å². The minimum Gasteiger partial charge on any atom is -0.319 e. The van der Waals surface area contributed by atoms with E-state index in [0.717, 1.165) is 12.1 Å². The Morgan fingerprint density at radius 3 is 1.92 bits per heavy atom. The van der Waals surface area contributed by atoms with E-state index in [1.54, 1.807) is 0 Å². The first-order valence-electron chi connectivity index (χ1n) is 3.40. The molecule has 0 amide bonds. The monoisotopic (exact) mass is 211 g/mol. The molecule has 1 rings (SSSR count). The lowest BCUT2D eigenvalue weighted by atomic mass is 10.1. The van der Waals surface area contributed by atoms with Crippen molar-refractivity contribution in [3.8, 4) is 0 Å². The van der Waals surface area contributed by atoms with Crippen molar-refractivity contribution >= 4 is 12.4 Å². The highest BCUT2D eigenvalue weighted by atomic mass is 35.5. The maximum absolute atomic E-state index is 12.3. The molecule has 0 unspecified atom stereocenters. The summed E-state index contributed by atoms with van der Waals surface area (Å²) in [4.78, 5) is 0. The van der Waals surface area contributed by atoms with Gasteiger partial charge < -0.3 is 5.73 Å². The summed E-state index contributed by atoms with van der Waals surface area (Å²) in [5.41, 5.74) is 5.36. The third-order valence-electron chi connectivity index (χ3n) is 1.53. The normalized spacial score (nSPS) is 12.4. The number of nitrogens with two attached hydrogens (primary N) is 1. The first-order valence-corrected chi connectivity index (χ1v) is 3.40. The van der Waals surface area contributed by atoms with Gasteiger partial charge >= 0.3 is 0 Å². The number of rotatable bonds is 2. The fourth-order valence-corrected chi connectivity index (χ4v) is 0.830. The number of alkyl halides is 2. The van der Waals surface area contributed by atoms with Crippen molar-refractivity contribution in [1.82, 2.24) is 0 Å². The van der Waals surface area contributed by atoms with E-state index in [0.29, 0.717) is 0 Å². The summed E-state index contributed by atoms with van der Waals surface area (Å²) in [7, 11) is 0. The van der Waals surface area contributed by atoms with Crippen molar-refractivity contribution in [3.05, 3.63) is 35.6 Å². The van der Waals surface area contributed by atoms with E-state index in [-0.39, 0.29) is 18.0 Å². The van der Waals surface area contributed by atoms with Crippen molar-refractivity contribution in [3.63, 3.8) is 0 Å². The molecule has 2 N–H and O–H groups in total. The number of hydrogen-bond acceptors (Lipinski definition) is 1. The van der Waals surface area contributed by atoms with Crippen LogP contribution < -0.4 is 5.73 Å². The molecular weight excluding hydrogens is 203 g/mol. The molecule has 0 aliphatic rings. The zero-order valence-electron chi connectivity index (χ0n) is 6.58. The zero-order valence-corrected chi connectivity index (χ0v) is 7.40. The summed E-state index contributed by atoms with van der Waals surface area (Å²) in [6.07, 6.45) is -2.62. The largest absolute Gasteiger partial charge is 0.319 e. The van der Waals surface area contributed by atoms with Crippen LogP contribution in [0.4, 0.5) is 13.2 Å². The van der Waals surface area contributed by atoms with Crippen molar-refractivity contribution in [2.75, 3.05) is 0 Å². The lowest BCUT2D eigenvalue weighted by Gasteiger charge is -2.09. The smallest absolute Gasteiger partial charge is 0.257 e. The van der Waals surface area contributed by atoms with E-state index in [4.69, 9.17) is 5.73 Å². The van der Waals surface area contributed by atoms with E-state index < -0.39 is 18.3 Å². The molecule has 0 saturated carbocycles. The van der Waals surface area contributed by atoms with Crippen LogP contribution in [0.5, 0.6) is 0 Å². The predicted octanol–water partition coefficient (Wildman–Crippen LogP) is 2.51. The summed E-state index contributed by atoms with van der Waals surface area (Å²) in [6.45, 7) is 0. The van der Waals surface area contributed by atoms with E-state index in [2.05, 4.69) is 0 Å². The van der Waals surface area contributed by atoms with Gasteiger partial charge in [0, 0.05) is 0 Å². The second kappa shape index (κ2) is 5.09. The summed E-state index contributed by atoms with van der Waals surface area (Å²) in [5, 5.41) is 0. The van der Waals surface area contributed by atoms with Gasteiger partial charge in [0.05, 0.1) is 6.04 Å². The maximum Gasteiger partial charge on any atom is 0.257 e. The SMILES string of the molecule is Cl.N[C@H](c1ccc(F)cc1)C(F)F. The Kier molecular flexibility index (Phi) is 4.80. The highest BCUT2D eigenvalue weighted by Gasteiger charge is 2.16. The minimum atomic E-state index is -2.62. The third-order valence-corrected chi connectivity index (χ3v) is 1.53. The van der Waals surface area contributed by atoms with Gasteiger partial charge in [0.25, 0.3) is 6.43 Å². The number of benzene rings is 1. The fourth-order valence-electron chi connectivity index (χ4n) is 0.830. The Hall–Kier alpha value is -0.740. The second-order valence-corrected chi connectivity index (χ2v) is 2.41. The van der Waals surface area contributed by atoms with Crippen LogP contribution in [0, 0.1) is 5.82 Å². The van der Waals surface area contributed by atoms with E-state index >= 15 is 0 Å². The van der Waals surface area contributed by atoms with Gasteiger partial charge in [-0.25, -0.2) is 13.2 Å². The van der Waals surface area contributed by atoms with Gasteiger partial charge in [-0.3, -0.25) is 0 Å². The van der Waals surface area contributed by atoms with E-state index in [9.17, 15) is 13.2 Å². The quantitative estimate of drug-likeness (QED) is 0.799. The molecule has 13 heavy (non-hydrogen) atoms. The molecule has 0 bridgehead atoms. The maximum atomic E-state index is 12.3. The van der Waals surface area contributed by atoms with Crippen LogP contribution in [0.15, 0.2) is 24.3 Å². The Labute approximate surface area is 80.2 Å². The molecule has 0 fully saturated rings. The molecule has 0 saturated heterocycles. The molecule has 0 heterocycles. The van der Waals surface area contributed by atoms with Crippen LogP contribution in [0.1, 0.15) is 11.6 Å². The average molecular weight is 212 g/mol. The second-order valence-electron chi connectivity index (χ2n) is 2.41. The lowest BCUT2D eigenvalue weighted by molar-refractivity contribution is 0.116. The molecule has 0 aliphatic carbocycles.